The van der Waals surface area contributed by atoms with Gasteiger partial charge in [0.05, 0.1) is 11.2 Å². The Morgan fingerprint density at radius 2 is 2.03 bits per heavy atom. The van der Waals surface area contributed by atoms with Crippen LogP contribution in [0.4, 0.5) is 13.2 Å². The molecule has 4 N–H and O–H groups in total. The Balaban J connectivity index is 1.82. The Morgan fingerprint density at radius 1 is 1.24 bits per heavy atom. The van der Waals surface area contributed by atoms with E-state index in [4.69, 9.17) is 5.73 Å². The second kappa shape index (κ2) is 7.47. The maximum absolute atomic E-state index is 14.8. The van der Waals surface area contributed by atoms with Gasteiger partial charge in [0.1, 0.15) is 11.6 Å². The van der Waals surface area contributed by atoms with Crippen LogP contribution in [0, 0.1) is 23.4 Å². The van der Waals surface area contributed by atoms with Crippen molar-refractivity contribution < 1.29 is 23.1 Å². The number of nitrogens with one attached hydrogen (secondary N) is 1. The SMILES string of the molecule is N[C@H]1CCC[C@@H](Cc2nc(-c3c[nH]c4c(F)cc(F)cc34)nc(C(=O)O)c2F)C1. The quantitative estimate of drug-likeness (QED) is 0.614. The smallest absolute Gasteiger partial charge is 0.357 e. The van der Waals surface area contributed by atoms with Gasteiger partial charge in [-0.3, -0.25) is 0 Å². The number of rotatable bonds is 4. The molecule has 0 bridgehead atoms. The molecule has 0 unspecified atom stereocenters. The molecule has 6 nitrogen and oxygen atoms in total. The Kier molecular flexibility index (Phi) is 4.99. The van der Waals surface area contributed by atoms with Crippen LogP contribution < -0.4 is 5.73 Å². The number of benzene rings is 1. The third-order valence-corrected chi connectivity index (χ3v) is 5.37. The summed E-state index contributed by atoms with van der Waals surface area (Å²) >= 11 is 0. The molecule has 0 saturated heterocycles. The van der Waals surface area contributed by atoms with Gasteiger partial charge < -0.3 is 15.8 Å². The summed E-state index contributed by atoms with van der Waals surface area (Å²) in [5, 5.41) is 9.53. The van der Waals surface area contributed by atoms with Gasteiger partial charge in [0.25, 0.3) is 0 Å². The Morgan fingerprint density at radius 3 is 2.76 bits per heavy atom. The zero-order valence-electron chi connectivity index (χ0n) is 15.4. The minimum atomic E-state index is -1.54. The van der Waals surface area contributed by atoms with Crippen molar-refractivity contribution in [1.82, 2.24) is 15.0 Å². The van der Waals surface area contributed by atoms with Crippen molar-refractivity contribution in [2.75, 3.05) is 0 Å². The van der Waals surface area contributed by atoms with Crippen LogP contribution in [0.15, 0.2) is 18.3 Å². The van der Waals surface area contributed by atoms with E-state index in [0.29, 0.717) is 6.42 Å². The highest BCUT2D eigenvalue weighted by Crippen LogP contribution is 2.31. The molecule has 1 aromatic carbocycles. The molecule has 1 aliphatic rings. The third kappa shape index (κ3) is 3.69. The van der Waals surface area contributed by atoms with Crippen molar-refractivity contribution in [3.05, 3.63) is 47.2 Å². The maximum Gasteiger partial charge on any atom is 0.357 e. The second-order valence-corrected chi connectivity index (χ2v) is 7.47. The van der Waals surface area contributed by atoms with E-state index in [1.165, 1.54) is 6.20 Å². The van der Waals surface area contributed by atoms with Gasteiger partial charge in [-0.15, -0.1) is 0 Å². The van der Waals surface area contributed by atoms with E-state index >= 15 is 0 Å². The fourth-order valence-corrected chi connectivity index (χ4v) is 4.02. The largest absolute Gasteiger partial charge is 0.476 e. The number of H-pyrrole nitrogens is 1. The van der Waals surface area contributed by atoms with Crippen LogP contribution >= 0.6 is 0 Å². The first-order valence-electron chi connectivity index (χ1n) is 9.35. The maximum atomic E-state index is 14.8. The number of nitrogens with zero attached hydrogens (tertiary/aromatic N) is 2. The topological polar surface area (TPSA) is 105 Å². The predicted octanol–water partition coefficient (Wildman–Crippen LogP) is 3.80. The van der Waals surface area contributed by atoms with Gasteiger partial charge in [0, 0.05) is 29.3 Å². The number of aromatic amines is 1. The number of fused-ring (bicyclic) bond motifs is 1. The molecule has 4 rings (SSSR count). The van der Waals surface area contributed by atoms with Crippen LogP contribution in [0.1, 0.15) is 41.9 Å². The van der Waals surface area contributed by atoms with Crippen molar-refractivity contribution >= 4 is 16.9 Å². The van der Waals surface area contributed by atoms with E-state index in [1.807, 2.05) is 0 Å². The van der Waals surface area contributed by atoms with E-state index in [2.05, 4.69) is 15.0 Å². The lowest BCUT2D eigenvalue weighted by atomic mass is 9.83. The summed E-state index contributed by atoms with van der Waals surface area (Å²) in [5.74, 6) is -4.15. The Labute approximate surface area is 164 Å². The molecule has 1 fully saturated rings. The Hall–Kier alpha value is -2.94. The fourth-order valence-electron chi connectivity index (χ4n) is 4.02. The molecule has 0 spiro atoms. The number of nitrogens with two attached hydrogens (primary N) is 1. The fraction of sp³-hybridized carbons (Fsp3) is 0.350. The van der Waals surface area contributed by atoms with E-state index in [1.54, 1.807) is 0 Å². The lowest BCUT2D eigenvalue weighted by Crippen LogP contribution is -2.29. The molecule has 2 aromatic heterocycles. The highest BCUT2D eigenvalue weighted by Gasteiger charge is 2.26. The molecule has 0 aliphatic heterocycles. The average molecular weight is 404 g/mol. The van der Waals surface area contributed by atoms with Crippen LogP contribution in [-0.2, 0) is 6.42 Å². The minimum absolute atomic E-state index is 0.0247. The molecular formula is C20H19F3N4O2. The molecule has 0 amide bonds. The summed E-state index contributed by atoms with van der Waals surface area (Å²) in [6.45, 7) is 0. The number of hydrogen-bond acceptors (Lipinski definition) is 4. The standard InChI is InChI=1S/C20H19F3N4O2/c21-10-6-12-13(8-25-17(12)14(22)7-10)19-26-15(16(23)18(27-19)20(28)29)5-9-2-1-3-11(24)4-9/h6-9,11,25H,1-5,24H2,(H,28,29)/t9-,11+/m1/s1. The van der Waals surface area contributed by atoms with Crippen molar-refractivity contribution in [2.24, 2.45) is 11.7 Å². The van der Waals surface area contributed by atoms with Gasteiger partial charge in [-0.05, 0) is 37.7 Å². The third-order valence-electron chi connectivity index (χ3n) is 5.37. The van der Waals surface area contributed by atoms with Crippen molar-refractivity contribution in [2.45, 2.75) is 38.1 Å². The molecule has 2 heterocycles. The molecule has 152 valence electrons. The molecule has 1 aliphatic carbocycles. The second-order valence-electron chi connectivity index (χ2n) is 7.47. The van der Waals surface area contributed by atoms with E-state index < -0.39 is 29.1 Å². The van der Waals surface area contributed by atoms with Crippen molar-refractivity contribution in [1.29, 1.82) is 0 Å². The molecule has 29 heavy (non-hydrogen) atoms. The van der Waals surface area contributed by atoms with Gasteiger partial charge in [-0.25, -0.2) is 27.9 Å². The van der Waals surface area contributed by atoms with Gasteiger partial charge in [-0.2, -0.15) is 0 Å². The normalized spacial score (nSPS) is 19.6. The van der Waals surface area contributed by atoms with Crippen LogP contribution in [0.2, 0.25) is 0 Å². The number of carboxylic acids is 1. The summed E-state index contributed by atoms with van der Waals surface area (Å²) in [6.07, 6.45) is 4.94. The van der Waals surface area contributed by atoms with Gasteiger partial charge in [0.2, 0.25) is 0 Å². The van der Waals surface area contributed by atoms with Crippen molar-refractivity contribution in [3.8, 4) is 11.4 Å². The number of carbonyl (C=O) groups is 1. The molecule has 2 atom stereocenters. The van der Waals surface area contributed by atoms with Crippen LogP contribution in [0.25, 0.3) is 22.3 Å². The van der Waals surface area contributed by atoms with Gasteiger partial charge >= 0.3 is 5.97 Å². The molecule has 3 aromatic rings. The summed E-state index contributed by atoms with van der Waals surface area (Å²) in [7, 11) is 0. The van der Waals surface area contributed by atoms with E-state index in [0.717, 1.165) is 31.4 Å². The zero-order valence-corrected chi connectivity index (χ0v) is 15.4. The highest BCUT2D eigenvalue weighted by atomic mass is 19.1. The number of hydrogen-bond donors (Lipinski definition) is 3. The highest BCUT2D eigenvalue weighted by molar-refractivity contribution is 5.95. The zero-order chi connectivity index (χ0) is 20.7. The first kappa shape index (κ1) is 19.4. The number of aromatic nitrogens is 3. The lowest BCUT2D eigenvalue weighted by Gasteiger charge is -2.26. The summed E-state index contributed by atoms with van der Waals surface area (Å²) in [5.41, 5.74) is 5.43. The molecule has 1 saturated carbocycles. The summed E-state index contributed by atoms with van der Waals surface area (Å²) < 4.78 is 42.5. The van der Waals surface area contributed by atoms with Gasteiger partial charge in [0.15, 0.2) is 17.3 Å². The lowest BCUT2D eigenvalue weighted by molar-refractivity contribution is 0.0684. The predicted molar refractivity (Wildman–Crippen MR) is 99.8 cm³/mol. The van der Waals surface area contributed by atoms with Crippen LogP contribution in [-0.4, -0.2) is 32.1 Å². The molecule has 9 heteroatoms. The average Bonchev–Trinajstić information content (AvgIpc) is 3.07. The summed E-state index contributed by atoms with van der Waals surface area (Å²) in [6, 6.07) is 1.85. The van der Waals surface area contributed by atoms with Gasteiger partial charge in [-0.1, -0.05) is 6.42 Å². The van der Waals surface area contributed by atoms with Crippen LogP contribution in [0.3, 0.4) is 0 Å². The van der Waals surface area contributed by atoms with Crippen LogP contribution in [0.5, 0.6) is 0 Å². The van der Waals surface area contributed by atoms with E-state index in [-0.39, 0.29) is 46.4 Å². The number of aromatic carboxylic acids is 1. The molecule has 0 radical (unpaired) electrons. The Bertz CT molecular complexity index is 1100. The number of halogens is 3. The first-order valence-corrected chi connectivity index (χ1v) is 9.35. The van der Waals surface area contributed by atoms with Crippen molar-refractivity contribution in [3.63, 3.8) is 0 Å². The number of carboxylic acid groups (broad SMARTS) is 1. The molecular weight excluding hydrogens is 385 g/mol. The first-order chi connectivity index (χ1) is 13.8. The van der Waals surface area contributed by atoms with E-state index in [9.17, 15) is 23.1 Å². The minimum Gasteiger partial charge on any atom is -0.476 e. The summed E-state index contributed by atoms with van der Waals surface area (Å²) in [4.78, 5) is 22.3. The monoisotopic (exact) mass is 404 g/mol.